The highest BCUT2D eigenvalue weighted by Gasteiger charge is 2.33. The topological polar surface area (TPSA) is 72.9 Å². The molecule has 1 atom stereocenters. The summed E-state index contributed by atoms with van der Waals surface area (Å²) in [5.74, 6) is -0.0864. The van der Waals surface area contributed by atoms with E-state index in [1.54, 1.807) is 0 Å². The normalized spacial score (nSPS) is 22.1. The van der Waals surface area contributed by atoms with Gasteiger partial charge in [-0.2, -0.15) is 0 Å². The summed E-state index contributed by atoms with van der Waals surface area (Å²) < 4.78 is 0. The molecule has 140 valence electrons. The molecule has 1 unspecified atom stereocenters. The quantitative estimate of drug-likeness (QED) is 0.777. The molecule has 0 aliphatic carbocycles. The molecule has 0 radical (unpaired) electrons. The van der Waals surface area contributed by atoms with Crippen molar-refractivity contribution >= 4 is 35.6 Å². The van der Waals surface area contributed by atoms with Crippen LogP contribution in [0.4, 0.5) is 4.79 Å². The van der Waals surface area contributed by atoms with Crippen LogP contribution in [0.5, 0.6) is 0 Å². The lowest BCUT2D eigenvalue weighted by molar-refractivity contribution is 0.0744. The van der Waals surface area contributed by atoms with Gasteiger partial charge in [-0.15, -0.1) is 23.7 Å². The molecule has 0 saturated carbocycles. The van der Waals surface area contributed by atoms with Crippen molar-refractivity contribution in [1.29, 1.82) is 0 Å². The van der Waals surface area contributed by atoms with Gasteiger partial charge < -0.3 is 10.4 Å². The molecule has 25 heavy (non-hydrogen) atoms. The predicted octanol–water partition coefficient (Wildman–Crippen LogP) is 2.68. The fourth-order valence-electron chi connectivity index (χ4n) is 3.44. The van der Waals surface area contributed by atoms with Crippen molar-refractivity contribution in [2.45, 2.75) is 38.3 Å². The Kier molecular flexibility index (Phi) is 7.68. The zero-order valence-corrected chi connectivity index (χ0v) is 15.9. The number of ketones is 1. The molecule has 1 aromatic heterocycles. The number of piperazine rings is 1. The molecular weight excluding hydrogens is 362 g/mol. The van der Waals surface area contributed by atoms with Crippen LogP contribution in [0.2, 0.25) is 0 Å². The number of carbonyl (C=O) groups excluding carboxylic acids is 1. The minimum absolute atomic E-state index is 0. The number of hydrogen-bond donors (Lipinski definition) is 2. The van der Waals surface area contributed by atoms with E-state index >= 15 is 0 Å². The first-order valence-corrected chi connectivity index (χ1v) is 9.52. The number of halogens is 1. The van der Waals surface area contributed by atoms with E-state index in [9.17, 15) is 14.7 Å². The van der Waals surface area contributed by atoms with E-state index in [0.717, 1.165) is 19.6 Å². The van der Waals surface area contributed by atoms with Gasteiger partial charge in [0, 0.05) is 31.1 Å². The maximum atomic E-state index is 12.7. The number of carboxylic acid groups (broad SMARTS) is 1. The summed E-state index contributed by atoms with van der Waals surface area (Å²) in [5.41, 5.74) is 0. The molecule has 2 aliphatic rings. The van der Waals surface area contributed by atoms with E-state index in [4.69, 9.17) is 0 Å². The van der Waals surface area contributed by atoms with E-state index in [2.05, 4.69) is 10.2 Å². The van der Waals surface area contributed by atoms with Crippen molar-refractivity contribution in [2.75, 3.05) is 32.7 Å². The van der Waals surface area contributed by atoms with Crippen molar-refractivity contribution in [2.24, 2.45) is 0 Å². The average Bonchev–Trinajstić information content (AvgIpc) is 2.90. The Hall–Kier alpha value is -1.15. The number of likely N-dealkylation sites (tertiary alicyclic amines) is 1. The van der Waals surface area contributed by atoms with Crippen LogP contribution in [-0.4, -0.2) is 65.5 Å². The summed E-state index contributed by atoms with van der Waals surface area (Å²) in [6, 6.07) is 3.26. The monoisotopic (exact) mass is 387 g/mol. The molecule has 2 fully saturated rings. The zero-order chi connectivity index (χ0) is 16.9. The van der Waals surface area contributed by atoms with Crippen LogP contribution in [-0.2, 0) is 6.54 Å². The fourth-order valence-corrected chi connectivity index (χ4v) is 4.48. The van der Waals surface area contributed by atoms with Crippen LogP contribution in [0.15, 0.2) is 12.1 Å². The zero-order valence-electron chi connectivity index (χ0n) is 14.3. The van der Waals surface area contributed by atoms with Gasteiger partial charge in [0.1, 0.15) is 6.04 Å². The summed E-state index contributed by atoms with van der Waals surface area (Å²) in [5, 5.41) is 12.4. The van der Waals surface area contributed by atoms with Gasteiger partial charge in [-0.05, 0) is 38.1 Å². The SMILES string of the molecule is Cl.O=C(c1ccc(CN2CCCCCC2)s1)C1CNCCN1C(=O)O. The molecule has 3 heterocycles. The minimum atomic E-state index is -1.02. The van der Waals surface area contributed by atoms with Crippen LogP contribution in [0, 0.1) is 0 Å². The number of nitrogens with one attached hydrogen (secondary N) is 1. The van der Waals surface area contributed by atoms with Crippen LogP contribution in [0.3, 0.4) is 0 Å². The van der Waals surface area contributed by atoms with Gasteiger partial charge in [-0.25, -0.2) is 4.79 Å². The van der Waals surface area contributed by atoms with Crippen molar-refractivity contribution < 1.29 is 14.7 Å². The lowest BCUT2D eigenvalue weighted by atomic mass is 10.1. The van der Waals surface area contributed by atoms with Gasteiger partial charge in [0.2, 0.25) is 0 Å². The average molecular weight is 388 g/mol. The molecule has 8 heteroatoms. The number of hydrogen-bond acceptors (Lipinski definition) is 5. The molecule has 2 saturated heterocycles. The van der Waals surface area contributed by atoms with Gasteiger partial charge in [0.15, 0.2) is 5.78 Å². The van der Waals surface area contributed by atoms with Crippen LogP contribution in [0.1, 0.15) is 40.2 Å². The van der Waals surface area contributed by atoms with Crippen molar-refractivity contribution in [3.05, 3.63) is 21.9 Å². The van der Waals surface area contributed by atoms with Crippen molar-refractivity contribution in [1.82, 2.24) is 15.1 Å². The molecule has 1 amide bonds. The molecule has 1 aromatic rings. The molecule has 0 spiro atoms. The molecular formula is C17H26ClN3O3S. The molecule has 3 rings (SSSR count). The van der Waals surface area contributed by atoms with E-state index in [1.807, 2.05) is 12.1 Å². The molecule has 6 nitrogen and oxygen atoms in total. The van der Waals surface area contributed by atoms with E-state index in [0.29, 0.717) is 24.5 Å². The largest absolute Gasteiger partial charge is 0.465 e. The molecule has 0 aromatic carbocycles. The smallest absolute Gasteiger partial charge is 0.408 e. The van der Waals surface area contributed by atoms with Crippen LogP contribution >= 0.6 is 23.7 Å². The second-order valence-electron chi connectivity index (χ2n) is 6.52. The number of Topliss-reactive ketones (excluding diaryl/α,β-unsaturated/α-hetero) is 1. The number of carbonyl (C=O) groups is 2. The number of nitrogens with zero attached hydrogens (tertiary/aromatic N) is 2. The fraction of sp³-hybridized carbons (Fsp3) is 0.647. The maximum Gasteiger partial charge on any atom is 0.408 e. The van der Waals surface area contributed by atoms with Gasteiger partial charge in [0.25, 0.3) is 0 Å². The third-order valence-electron chi connectivity index (χ3n) is 4.77. The van der Waals surface area contributed by atoms with Gasteiger partial charge in [0.05, 0.1) is 4.88 Å². The van der Waals surface area contributed by atoms with Gasteiger partial charge in [-0.1, -0.05) is 12.8 Å². The second-order valence-corrected chi connectivity index (χ2v) is 7.68. The third-order valence-corrected chi connectivity index (χ3v) is 5.86. The third kappa shape index (κ3) is 5.17. The molecule has 0 bridgehead atoms. The van der Waals surface area contributed by atoms with Crippen LogP contribution in [0.25, 0.3) is 0 Å². The Morgan fingerprint density at radius 2 is 1.88 bits per heavy atom. The van der Waals surface area contributed by atoms with Crippen molar-refractivity contribution in [3.63, 3.8) is 0 Å². The summed E-state index contributed by atoms with van der Waals surface area (Å²) in [7, 11) is 0. The standard InChI is InChI=1S/C17H25N3O3S.ClH/c21-16(14-11-18-7-10-20(14)17(22)23)15-6-5-13(24-15)12-19-8-3-1-2-4-9-19;/h5-6,14,18H,1-4,7-12H2,(H,22,23);1H. The lowest BCUT2D eigenvalue weighted by Crippen LogP contribution is -2.56. The van der Waals surface area contributed by atoms with Gasteiger partial charge in [-0.3, -0.25) is 14.6 Å². The first-order valence-electron chi connectivity index (χ1n) is 8.71. The minimum Gasteiger partial charge on any atom is -0.465 e. The Balaban J connectivity index is 0.00000225. The first kappa shape index (κ1) is 20.2. The summed E-state index contributed by atoms with van der Waals surface area (Å²) in [4.78, 5) is 29.6. The summed E-state index contributed by atoms with van der Waals surface area (Å²) >= 11 is 1.51. The van der Waals surface area contributed by atoms with E-state index in [-0.39, 0.29) is 18.2 Å². The van der Waals surface area contributed by atoms with E-state index in [1.165, 1.54) is 46.8 Å². The number of thiophene rings is 1. The first-order chi connectivity index (χ1) is 11.6. The number of rotatable bonds is 4. The Bertz CT molecular complexity index is 587. The maximum absolute atomic E-state index is 12.7. The van der Waals surface area contributed by atoms with Gasteiger partial charge >= 0.3 is 6.09 Å². The summed E-state index contributed by atoms with van der Waals surface area (Å²) in [6.07, 6.45) is 4.10. The Labute approximate surface area is 158 Å². The Morgan fingerprint density at radius 1 is 1.16 bits per heavy atom. The van der Waals surface area contributed by atoms with E-state index < -0.39 is 12.1 Å². The lowest BCUT2D eigenvalue weighted by Gasteiger charge is -2.32. The highest BCUT2D eigenvalue weighted by atomic mass is 35.5. The van der Waals surface area contributed by atoms with Crippen LogP contribution < -0.4 is 5.32 Å². The predicted molar refractivity (Wildman–Crippen MR) is 101 cm³/mol. The van der Waals surface area contributed by atoms with Crippen molar-refractivity contribution in [3.8, 4) is 0 Å². The molecule has 2 N–H and O–H groups in total. The second kappa shape index (κ2) is 9.52. The Morgan fingerprint density at radius 3 is 2.56 bits per heavy atom. The highest BCUT2D eigenvalue weighted by molar-refractivity contribution is 7.14. The highest BCUT2D eigenvalue weighted by Crippen LogP contribution is 2.23. The summed E-state index contributed by atoms with van der Waals surface area (Å²) in [6.45, 7) is 4.49. The number of amides is 1. The molecule has 2 aliphatic heterocycles.